The first-order valence-electron chi connectivity index (χ1n) is 13.9. The highest BCUT2D eigenvalue weighted by atomic mass is 16.6. The molecule has 9 nitrogen and oxygen atoms in total. The van der Waals surface area contributed by atoms with E-state index < -0.39 is 47.1 Å². The lowest BCUT2D eigenvalue weighted by Crippen LogP contribution is -2.60. The van der Waals surface area contributed by atoms with Crippen LogP contribution < -0.4 is 10.6 Å². The highest BCUT2D eigenvalue weighted by Crippen LogP contribution is 2.18. The molecule has 0 aliphatic heterocycles. The van der Waals surface area contributed by atoms with Crippen molar-refractivity contribution in [1.82, 2.24) is 15.5 Å². The summed E-state index contributed by atoms with van der Waals surface area (Å²) in [4.78, 5) is 54.2. The molecule has 0 saturated heterocycles. The molecule has 224 valence electrons. The molecule has 0 unspecified atom stereocenters. The SMILES string of the molecule is CC(C)C[C@@H](C(=O)N[C@@H](Cc1ccccc1)C(=O)OC(C)(C)C)N(C)C(=O)C(C)(C)NC(=O)OCc1ccccc1. The zero-order chi connectivity index (χ0) is 30.8. The number of carbonyl (C=O) groups excluding carboxylic acids is 4. The van der Waals surface area contributed by atoms with Crippen LogP contribution in [0, 0.1) is 5.92 Å². The predicted molar refractivity (Wildman–Crippen MR) is 158 cm³/mol. The quantitative estimate of drug-likeness (QED) is 0.362. The number of benzene rings is 2. The third kappa shape index (κ3) is 11.3. The summed E-state index contributed by atoms with van der Waals surface area (Å²) in [7, 11) is 1.52. The van der Waals surface area contributed by atoms with Crippen LogP contribution in [0.3, 0.4) is 0 Å². The summed E-state index contributed by atoms with van der Waals surface area (Å²) in [5.41, 5.74) is -0.446. The van der Waals surface area contributed by atoms with Gasteiger partial charge in [0.25, 0.3) is 0 Å². The number of hydrogen-bond acceptors (Lipinski definition) is 6. The van der Waals surface area contributed by atoms with E-state index in [-0.39, 0.29) is 18.9 Å². The van der Waals surface area contributed by atoms with Crippen molar-refractivity contribution in [1.29, 1.82) is 0 Å². The van der Waals surface area contributed by atoms with Gasteiger partial charge in [0, 0.05) is 13.5 Å². The minimum absolute atomic E-state index is 0.0542. The van der Waals surface area contributed by atoms with Crippen LogP contribution in [-0.2, 0) is 36.9 Å². The van der Waals surface area contributed by atoms with Crippen LogP contribution in [0.15, 0.2) is 60.7 Å². The molecule has 0 aliphatic carbocycles. The minimum Gasteiger partial charge on any atom is -0.458 e. The number of ether oxygens (including phenoxy) is 2. The van der Waals surface area contributed by atoms with Gasteiger partial charge >= 0.3 is 12.1 Å². The summed E-state index contributed by atoms with van der Waals surface area (Å²) in [6.07, 6.45) is -0.179. The number of amides is 3. The molecule has 0 spiro atoms. The Bertz CT molecular complexity index is 1160. The molecule has 0 aromatic heterocycles. The van der Waals surface area contributed by atoms with E-state index in [4.69, 9.17) is 9.47 Å². The predicted octanol–water partition coefficient (Wildman–Crippen LogP) is 4.63. The lowest BCUT2D eigenvalue weighted by Gasteiger charge is -2.35. The number of alkyl carbamates (subject to hydrolysis) is 1. The number of rotatable bonds is 12. The van der Waals surface area contributed by atoms with Gasteiger partial charge < -0.3 is 25.0 Å². The van der Waals surface area contributed by atoms with Gasteiger partial charge in [-0.1, -0.05) is 74.5 Å². The van der Waals surface area contributed by atoms with Gasteiger partial charge in [0.2, 0.25) is 11.8 Å². The summed E-state index contributed by atoms with van der Waals surface area (Å²) in [6, 6.07) is 16.7. The number of carbonyl (C=O) groups is 4. The van der Waals surface area contributed by atoms with Crippen LogP contribution in [0.25, 0.3) is 0 Å². The fraction of sp³-hybridized carbons (Fsp3) is 0.500. The number of likely N-dealkylation sites (N-methyl/N-ethyl adjacent to an activating group) is 1. The van der Waals surface area contributed by atoms with E-state index in [1.165, 1.54) is 11.9 Å². The molecule has 2 aromatic carbocycles. The van der Waals surface area contributed by atoms with Gasteiger partial charge in [-0.25, -0.2) is 9.59 Å². The number of esters is 1. The standard InChI is InChI=1S/C32H45N3O6/c1-22(2)19-26(27(36)33-25(28(37)41-31(3,4)5)20-23-15-11-9-12-16-23)35(8)29(38)32(6,7)34-30(39)40-21-24-17-13-10-14-18-24/h9-18,22,25-26H,19-21H2,1-8H3,(H,33,36)(H,34,39)/t25-,26-/m0/s1. The molecule has 9 heteroatoms. The van der Waals surface area contributed by atoms with E-state index in [9.17, 15) is 19.2 Å². The normalized spacial score (nSPS) is 13.1. The first-order chi connectivity index (χ1) is 19.1. The van der Waals surface area contributed by atoms with Crippen molar-refractivity contribution < 1.29 is 28.7 Å². The molecule has 0 fully saturated rings. The molecule has 2 rings (SSSR count). The molecule has 3 amide bonds. The van der Waals surface area contributed by atoms with Crippen molar-refractivity contribution in [3.05, 3.63) is 71.8 Å². The van der Waals surface area contributed by atoms with Gasteiger partial charge in [0.05, 0.1) is 0 Å². The molecule has 0 radical (unpaired) electrons. The van der Waals surface area contributed by atoms with Crippen molar-refractivity contribution in [3.8, 4) is 0 Å². The minimum atomic E-state index is -1.37. The Balaban J connectivity index is 2.19. The van der Waals surface area contributed by atoms with E-state index in [1.807, 2.05) is 74.5 Å². The zero-order valence-corrected chi connectivity index (χ0v) is 25.5. The lowest BCUT2D eigenvalue weighted by molar-refractivity contribution is -0.159. The zero-order valence-electron chi connectivity index (χ0n) is 25.5. The maximum absolute atomic E-state index is 13.7. The second kappa shape index (κ2) is 14.7. The molecular formula is C32H45N3O6. The van der Waals surface area contributed by atoms with Crippen LogP contribution in [0.5, 0.6) is 0 Å². The number of hydrogen-bond donors (Lipinski definition) is 2. The highest BCUT2D eigenvalue weighted by Gasteiger charge is 2.39. The maximum Gasteiger partial charge on any atom is 0.408 e. The van der Waals surface area contributed by atoms with Gasteiger partial charge in [0.1, 0.15) is 29.8 Å². The second-order valence-corrected chi connectivity index (χ2v) is 12.2. The molecule has 0 bridgehead atoms. The topological polar surface area (TPSA) is 114 Å². The summed E-state index contributed by atoms with van der Waals surface area (Å²) in [5, 5.41) is 5.45. The van der Waals surface area contributed by atoms with Gasteiger partial charge in [0.15, 0.2) is 0 Å². The van der Waals surface area contributed by atoms with Crippen molar-refractivity contribution >= 4 is 23.9 Å². The molecule has 0 aliphatic rings. The van der Waals surface area contributed by atoms with Gasteiger partial charge in [-0.3, -0.25) is 9.59 Å². The Morgan fingerprint density at radius 1 is 0.854 bits per heavy atom. The molecule has 41 heavy (non-hydrogen) atoms. The van der Waals surface area contributed by atoms with Crippen molar-refractivity contribution in [2.24, 2.45) is 5.92 Å². The second-order valence-electron chi connectivity index (χ2n) is 12.2. The van der Waals surface area contributed by atoms with Crippen LogP contribution >= 0.6 is 0 Å². The van der Waals surface area contributed by atoms with Gasteiger partial charge in [-0.2, -0.15) is 0 Å². The van der Waals surface area contributed by atoms with Crippen LogP contribution in [0.1, 0.15) is 66.0 Å². The Morgan fingerprint density at radius 3 is 1.90 bits per heavy atom. The van der Waals surface area contributed by atoms with Crippen LogP contribution in [0.4, 0.5) is 4.79 Å². The third-order valence-corrected chi connectivity index (χ3v) is 6.24. The summed E-state index contributed by atoms with van der Waals surface area (Å²) in [5.74, 6) is -1.47. The molecule has 2 atom stereocenters. The largest absolute Gasteiger partial charge is 0.458 e. The molecule has 0 heterocycles. The molecule has 2 N–H and O–H groups in total. The van der Waals surface area contributed by atoms with E-state index in [0.717, 1.165) is 11.1 Å². The average molecular weight is 568 g/mol. The summed E-state index contributed by atoms with van der Waals surface area (Å²) >= 11 is 0. The smallest absolute Gasteiger partial charge is 0.408 e. The first-order valence-corrected chi connectivity index (χ1v) is 13.9. The molecular weight excluding hydrogens is 522 g/mol. The fourth-order valence-electron chi connectivity index (χ4n) is 4.22. The molecule has 2 aromatic rings. The van der Waals surface area contributed by atoms with Crippen LogP contribution in [0.2, 0.25) is 0 Å². The Morgan fingerprint density at radius 2 is 1.39 bits per heavy atom. The summed E-state index contributed by atoms with van der Waals surface area (Å²) < 4.78 is 10.9. The van der Waals surface area contributed by atoms with Gasteiger partial charge in [-0.05, 0) is 58.1 Å². The Labute approximate surface area is 244 Å². The first kappa shape index (κ1) is 33.3. The third-order valence-electron chi connectivity index (χ3n) is 6.24. The van der Waals surface area contributed by atoms with E-state index in [1.54, 1.807) is 34.6 Å². The monoisotopic (exact) mass is 567 g/mol. The Kier molecular flexibility index (Phi) is 11.9. The number of nitrogens with zero attached hydrogens (tertiary/aromatic N) is 1. The van der Waals surface area contributed by atoms with Crippen LogP contribution in [-0.4, -0.2) is 59.0 Å². The Hall–Kier alpha value is -3.88. The summed E-state index contributed by atoms with van der Waals surface area (Å²) in [6.45, 7) is 12.3. The lowest BCUT2D eigenvalue weighted by atomic mass is 9.97. The highest BCUT2D eigenvalue weighted by molar-refractivity contribution is 5.94. The van der Waals surface area contributed by atoms with Crippen molar-refractivity contribution in [3.63, 3.8) is 0 Å². The van der Waals surface area contributed by atoms with E-state index >= 15 is 0 Å². The van der Waals surface area contributed by atoms with E-state index in [2.05, 4.69) is 10.6 Å². The fourth-order valence-corrected chi connectivity index (χ4v) is 4.22. The van der Waals surface area contributed by atoms with Gasteiger partial charge in [-0.15, -0.1) is 0 Å². The van der Waals surface area contributed by atoms with Crippen molar-refractivity contribution in [2.45, 2.75) is 91.1 Å². The average Bonchev–Trinajstić information content (AvgIpc) is 2.89. The maximum atomic E-state index is 13.7. The number of nitrogens with one attached hydrogen (secondary N) is 2. The van der Waals surface area contributed by atoms with Crippen molar-refractivity contribution in [2.75, 3.05) is 7.05 Å². The molecule has 0 saturated carbocycles. The van der Waals surface area contributed by atoms with E-state index in [0.29, 0.717) is 6.42 Å².